The van der Waals surface area contributed by atoms with E-state index in [9.17, 15) is 0 Å². The summed E-state index contributed by atoms with van der Waals surface area (Å²) in [5, 5.41) is 3.81. The molecule has 2 atom stereocenters. The van der Waals surface area contributed by atoms with Gasteiger partial charge in [0.15, 0.2) is 0 Å². The summed E-state index contributed by atoms with van der Waals surface area (Å²) >= 11 is 0. The quantitative estimate of drug-likeness (QED) is 0.804. The molecule has 1 N–H and O–H groups in total. The highest BCUT2D eigenvalue weighted by atomic mass is 16.3. The van der Waals surface area contributed by atoms with Gasteiger partial charge in [0.1, 0.15) is 11.5 Å². The highest BCUT2D eigenvalue weighted by Gasteiger charge is 2.38. The van der Waals surface area contributed by atoms with Crippen molar-refractivity contribution in [2.24, 2.45) is 11.3 Å². The molecular weight excluding hydrogens is 246 g/mol. The Balaban J connectivity index is 2.29. The lowest BCUT2D eigenvalue weighted by Gasteiger charge is -2.43. The number of hydrogen-bond acceptors (Lipinski definition) is 2. The molecule has 0 amide bonds. The Hall–Kier alpha value is -0.760. The van der Waals surface area contributed by atoms with Crippen LogP contribution in [0.2, 0.25) is 0 Å². The van der Waals surface area contributed by atoms with Crippen molar-refractivity contribution in [3.05, 3.63) is 23.2 Å². The Morgan fingerprint density at radius 3 is 2.65 bits per heavy atom. The van der Waals surface area contributed by atoms with E-state index < -0.39 is 0 Å². The highest BCUT2D eigenvalue weighted by Crippen LogP contribution is 2.47. The third-order valence-corrected chi connectivity index (χ3v) is 5.02. The lowest BCUT2D eigenvalue weighted by molar-refractivity contribution is 0.0976. The van der Waals surface area contributed by atoms with Gasteiger partial charge in [0.25, 0.3) is 0 Å². The molecule has 1 aromatic rings. The van der Waals surface area contributed by atoms with Gasteiger partial charge in [0.05, 0.1) is 0 Å². The largest absolute Gasteiger partial charge is 0.466 e. The summed E-state index contributed by atoms with van der Waals surface area (Å²) in [6, 6.07) is 2.69. The predicted molar refractivity (Wildman–Crippen MR) is 85.0 cm³/mol. The number of aryl methyl sites for hydroxylation is 2. The zero-order valence-electron chi connectivity index (χ0n) is 13.9. The van der Waals surface area contributed by atoms with Crippen LogP contribution >= 0.6 is 0 Å². The fraction of sp³-hybridized carbons (Fsp3) is 0.778. The topological polar surface area (TPSA) is 25.2 Å². The minimum absolute atomic E-state index is 0.418. The number of hydrogen-bond donors (Lipinski definition) is 1. The molecule has 1 fully saturated rings. The van der Waals surface area contributed by atoms with Gasteiger partial charge in [-0.15, -0.1) is 0 Å². The minimum atomic E-state index is 0.418. The van der Waals surface area contributed by atoms with Crippen molar-refractivity contribution >= 4 is 0 Å². The van der Waals surface area contributed by atoms with Crippen LogP contribution in [0.15, 0.2) is 10.5 Å². The zero-order chi connectivity index (χ0) is 14.8. The highest BCUT2D eigenvalue weighted by molar-refractivity contribution is 5.25. The molecule has 20 heavy (non-hydrogen) atoms. The van der Waals surface area contributed by atoms with E-state index in [4.69, 9.17) is 4.42 Å². The summed E-state index contributed by atoms with van der Waals surface area (Å²) in [5.41, 5.74) is 1.80. The lowest BCUT2D eigenvalue weighted by Crippen LogP contribution is -2.39. The molecule has 2 heteroatoms. The molecule has 2 unspecified atom stereocenters. The summed E-state index contributed by atoms with van der Waals surface area (Å²) in [6.07, 6.45) is 6.61. The Morgan fingerprint density at radius 2 is 2.10 bits per heavy atom. The second-order valence-electron chi connectivity index (χ2n) is 7.14. The molecule has 0 aromatic carbocycles. The minimum Gasteiger partial charge on any atom is -0.466 e. The van der Waals surface area contributed by atoms with E-state index in [1.54, 1.807) is 0 Å². The van der Waals surface area contributed by atoms with Crippen LogP contribution in [-0.4, -0.2) is 6.54 Å². The fourth-order valence-corrected chi connectivity index (χ4v) is 3.87. The van der Waals surface area contributed by atoms with Crippen LogP contribution < -0.4 is 5.32 Å². The smallest absolute Gasteiger partial charge is 0.105 e. The van der Waals surface area contributed by atoms with Gasteiger partial charge in [-0.25, -0.2) is 0 Å². The predicted octanol–water partition coefficient (Wildman–Crippen LogP) is 5.15. The van der Waals surface area contributed by atoms with Gasteiger partial charge in [-0.2, -0.15) is 0 Å². The summed E-state index contributed by atoms with van der Waals surface area (Å²) < 4.78 is 5.79. The third kappa shape index (κ3) is 3.28. The molecule has 114 valence electrons. The molecule has 0 saturated heterocycles. The molecule has 0 radical (unpaired) electrons. The summed E-state index contributed by atoms with van der Waals surface area (Å²) in [7, 11) is 0. The molecule has 2 rings (SSSR count). The SMILES string of the molecule is CCCNC(c1cc(C)oc1C)C1CCCCC1(C)C. The molecular formula is C18H31NO. The van der Waals surface area contributed by atoms with Crippen LogP contribution in [0.3, 0.4) is 0 Å². The fourth-order valence-electron chi connectivity index (χ4n) is 3.87. The van der Waals surface area contributed by atoms with Gasteiger partial charge in [0, 0.05) is 11.6 Å². The van der Waals surface area contributed by atoms with Crippen LogP contribution in [0, 0.1) is 25.2 Å². The van der Waals surface area contributed by atoms with Gasteiger partial charge < -0.3 is 9.73 Å². The molecule has 1 aliphatic rings. The van der Waals surface area contributed by atoms with Gasteiger partial charge in [0.2, 0.25) is 0 Å². The first-order valence-corrected chi connectivity index (χ1v) is 8.26. The van der Waals surface area contributed by atoms with E-state index in [0.717, 1.165) is 18.1 Å². The first kappa shape index (κ1) is 15.6. The normalized spacial score (nSPS) is 23.8. The van der Waals surface area contributed by atoms with Crippen LogP contribution in [0.5, 0.6) is 0 Å². The van der Waals surface area contributed by atoms with Gasteiger partial charge in [-0.05, 0) is 57.1 Å². The number of rotatable bonds is 5. The van der Waals surface area contributed by atoms with Gasteiger partial charge >= 0.3 is 0 Å². The van der Waals surface area contributed by atoms with E-state index in [1.807, 2.05) is 0 Å². The van der Waals surface area contributed by atoms with E-state index >= 15 is 0 Å². The van der Waals surface area contributed by atoms with Crippen molar-refractivity contribution in [3.63, 3.8) is 0 Å². The Labute approximate surface area is 124 Å². The van der Waals surface area contributed by atoms with Crippen molar-refractivity contribution in [2.75, 3.05) is 6.54 Å². The van der Waals surface area contributed by atoms with E-state index in [-0.39, 0.29) is 0 Å². The average molecular weight is 277 g/mol. The molecule has 1 saturated carbocycles. The van der Waals surface area contributed by atoms with E-state index in [1.165, 1.54) is 37.7 Å². The molecule has 1 heterocycles. The average Bonchev–Trinajstić information content (AvgIpc) is 2.70. The first-order chi connectivity index (χ1) is 9.45. The molecule has 2 nitrogen and oxygen atoms in total. The Kier molecular flexibility index (Phi) is 4.95. The molecule has 1 aliphatic carbocycles. The maximum atomic E-state index is 5.79. The van der Waals surface area contributed by atoms with Crippen molar-refractivity contribution in [1.82, 2.24) is 5.32 Å². The van der Waals surface area contributed by atoms with Crippen LogP contribution in [0.4, 0.5) is 0 Å². The number of nitrogens with one attached hydrogen (secondary N) is 1. The van der Waals surface area contributed by atoms with Crippen LogP contribution in [0.1, 0.15) is 76.0 Å². The van der Waals surface area contributed by atoms with Crippen LogP contribution in [0.25, 0.3) is 0 Å². The standard InChI is InChI=1S/C18H31NO/c1-6-11-19-17(15-12-13(2)20-14(15)3)16-9-7-8-10-18(16,4)5/h12,16-17,19H,6-11H2,1-5H3. The maximum Gasteiger partial charge on any atom is 0.105 e. The Bertz CT molecular complexity index is 433. The van der Waals surface area contributed by atoms with Crippen molar-refractivity contribution in [2.45, 2.75) is 72.8 Å². The zero-order valence-corrected chi connectivity index (χ0v) is 13.9. The molecule has 0 aliphatic heterocycles. The summed E-state index contributed by atoms with van der Waals surface area (Å²) in [5.74, 6) is 2.84. The van der Waals surface area contributed by atoms with Crippen molar-refractivity contribution in [1.29, 1.82) is 0 Å². The van der Waals surface area contributed by atoms with Crippen molar-refractivity contribution < 1.29 is 4.42 Å². The third-order valence-electron chi connectivity index (χ3n) is 5.02. The maximum absolute atomic E-state index is 5.79. The number of furan rings is 1. The van der Waals surface area contributed by atoms with E-state index in [0.29, 0.717) is 17.4 Å². The van der Waals surface area contributed by atoms with Crippen LogP contribution in [-0.2, 0) is 0 Å². The molecule has 1 aromatic heterocycles. The summed E-state index contributed by atoms with van der Waals surface area (Å²) in [4.78, 5) is 0. The Morgan fingerprint density at radius 1 is 1.35 bits per heavy atom. The monoisotopic (exact) mass is 277 g/mol. The van der Waals surface area contributed by atoms with E-state index in [2.05, 4.69) is 46.0 Å². The van der Waals surface area contributed by atoms with Gasteiger partial charge in [-0.3, -0.25) is 0 Å². The molecule has 0 bridgehead atoms. The second kappa shape index (κ2) is 6.34. The van der Waals surface area contributed by atoms with Crippen molar-refractivity contribution in [3.8, 4) is 0 Å². The van der Waals surface area contributed by atoms with Gasteiger partial charge in [-0.1, -0.05) is 33.6 Å². The lowest BCUT2D eigenvalue weighted by atomic mass is 9.64. The summed E-state index contributed by atoms with van der Waals surface area (Å²) in [6.45, 7) is 12.4. The second-order valence-corrected chi connectivity index (χ2v) is 7.14. The molecule has 0 spiro atoms. The first-order valence-electron chi connectivity index (χ1n) is 8.26.